The van der Waals surface area contributed by atoms with Crippen LogP contribution < -0.4 is 5.73 Å². The lowest BCUT2D eigenvalue weighted by Crippen LogP contribution is -2.14. The Morgan fingerprint density at radius 1 is 1.56 bits per heavy atom. The van der Waals surface area contributed by atoms with Crippen molar-refractivity contribution in [1.82, 2.24) is 9.78 Å². The van der Waals surface area contributed by atoms with E-state index >= 15 is 0 Å². The molecule has 5 nitrogen and oxygen atoms in total. The smallest absolute Gasteiger partial charge is 0.199 e. The van der Waals surface area contributed by atoms with Gasteiger partial charge in [0.25, 0.3) is 0 Å². The van der Waals surface area contributed by atoms with E-state index in [-0.39, 0.29) is 22.4 Å². The van der Waals surface area contributed by atoms with Crippen LogP contribution in [0.1, 0.15) is 32.7 Å². The van der Waals surface area contributed by atoms with Gasteiger partial charge in [0.05, 0.1) is 17.5 Å². The lowest BCUT2D eigenvalue weighted by Gasteiger charge is -2.04. The minimum absolute atomic E-state index is 0.0492. The number of nitrogen functional groups attached to an aromatic ring is 1. The van der Waals surface area contributed by atoms with Crippen LogP contribution in [0.5, 0.6) is 0 Å². The maximum absolute atomic E-state index is 12.0. The SMILES string of the molecule is CC(C)CS(=O)(=O)c1nn(C2CC2)cc1N. The molecule has 1 aliphatic carbocycles. The van der Waals surface area contributed by atoms with Crippen LogP contribution in [0.4, 0.5) is 5.69 Å². The number of nitrogens with two attached hydrogens (primary N) is 1. The Hall–Kier alpha value is -1.04. The Morgan fingerprint density at radius 2 is 2.19 bits per heavy atom. The van der Waals surface area contributed by atoms with Gasteiger partial charge in [-0.15, -0.1) is 0 Å². The first-order valence-electron chi connectivity index (χ1n) is 5.47. The van der Waals surface area contributed by atoms with Crippen molar-refractivity contribution in [3.63, 3.8) is 0 Å². The summed E-state index contributed by atoms with van der Waals surface area (Å²) < 4.78 is 25.6. The lowest BCUT2D eigenvalue weighted by molar-refractivity contribution is 0.567. The fourth-order valence-corrected chi connectivity index (χ4v) is 3.34. The van der Waals surface area contributed by atoms with E-state index in [0.717, 1.165) is 12.8 Å². The first kappa shape index (κ1) is 11.4. The Kier molecular flexibility index (Phi) is 2.69. The molecule has 1 aromatic heterocycles. The molecule has 0 amide bonds. The van der Waals surface area contributed by atoms with Crippen LogP contribution in [0, 0.1) is 5.92 Å². The van der Waals surface area contributed by atoms with Crippen molar-refractivity contribution in [3.8, 4) is 0 Å². The highest BCUT2D eigenvalue weighted by atomic mass is 32.2. The maximum atomic E-state index is 12.0. The van der Waals surface area contributed by atoms with Gasteiger partial charge >= 0.3 is 0 Å². The highest BCUT2D eigenvalue weighted by molar-refractivity contribution is 7.91. The van der Waals surface area contributed by atoms with Crippen LogP contribution in [0.3, 0.4) is 0 Å². The molecule has 0 spiro atoms. The number of hydrogen-bond donors (Lipinski definition) is 1. The van der Waals surface area contributed by atoms with E-state index in [0.29, 0.717) is 6.04 Å². The highest BCUT2D eigenvalue weighted by Crippen LogP contribution is 2.35. The molecule has 16 heavy (non-hydrogen) atoms. The minimum atomic E-state index is -3.33. The van der Waals surface area contributed by atoms with Gasteiger partial charge in [-0.25, -0.2) is 8.42 Å². The molecule has 1 fully saturated rings. The van der Waals surface area contributed by atoms with Crippen molar-refractivity contribution < 1.29 is 8.42 Å². The number of sulfone groups is 1. The standard InChI is InChI=1S/C10H17N3O2S/c1-7(2)6-16(14,15)10-9(11)5-13(12-10)8-3-4-8/h5,7-8H,3-4,6,11H2,1-2H3. The molecule has 2 rings (SSSR count). The lowest BCUT2D eigenvalue weighted by atomic mass is 10.3. The zero-order valence-electron chi connectivity index (χ0n) is 9.55. The van der Waals surface area contributed by atoms with Gasteiger partial charge in [0, 0.05) is 6.20 Å². The van der Waals surface area contributed by atoms with Gasteiger partial charge in [0.2, 0.25) is 0 Å². The maximum Gasteiger partial charge on any atom is 0.199 e. The van der Waals surface area contributed by atoms with E-state index in [2.05, 4.69) is 5.10 Å². The molecule has 0 radical (unpaired) electrons. The van der Waals surface area contributed by atoms with E-state index in [4.69, 9.17) is 5.73 Å². The van der Waals surface area contributed by atoms with Crippen molar-refractivity contribution in [3.05, 3.63) is 6.20 Å². The summed E-state index contributed by atoms with van der Waals surface area (Å²) in [5.41, 5.74) is 5.98. The number of anilines is 1. The normalized spacial score (nSPS) is 16.9. The van der Waals surface area contributed by atoms with Gasteiger partial charge < -0.3 is 5.73 Å². The second-order valence-electron chi connectivity index (χ2n) is 4.78. The van der Waals surface area contributed by atoms with Crippen LogP contribution in [0.25, 0.3) is 0 Å². The third-order valence-corrected chi connectivity index (χ3v) is 4.50. The molecule has 6 heteroatoms. The van der Waals surface area contributed by atoms with E-state index < -0.39 is 9.84 Å². The van der Waals surface area contributed by atoms with Crippen molar-refractivity contribution >= 4 is 15.5 Å². The van der Waals surface area contributed by atoms with Gasteiger partial charge in [0.15, 0.2) is 14.9 Å². The molecular formula is C10H17N3O2S. The van der Waals surface area contributed by atoms with Gasteiger partial charge in [-0.3, -0.25) is 4.68 Å². The van der Waals surface area contributed by atoms with Crippen molar-refractivity contribution in [2.24, 2.45) is 5.92 Å². The van der Waals surface area contributed by atoms with E-state index in [1.807, 2.05) is 13.8 Å². The molecule has 0 aliphatic heterocycles. The van der Waals surface area contributed by atoms with Gasteiger partial charge in [-0.2, -0.15) is 5.10 Å². The van der Waals surface area contributed by atoms with Gasteiger partial charge in [-0.05, 0) is 18.8 Å². The summed E-state index contributed by atoms with van der Waals surface area (Å²) in [7, 11) is -3.33. The molecule has 0 unspecified atom stereocenters. The number of nitrogens with zero attached hydrogens (tertiary/aromatic N) is 2. The fraction of sp³-hybridized carbons (Fsp3) is 0.700. The summed E-state index contributed by atoms with van der Waals surface area (Å²) >= 11 is 0. The highest BCUT2D eigenvalue weighted by Gasteiger charge is 2.29. The minimum Gasteiger partial charge on any atom is -0.395 e. The molecule has 90 valence electrons. The fourth-order valence-electron chi connectivity index (χ4n) is 1.67. The summed E-state index contributed by atoms with van der Waals surface area (Å²) in [4.78, 5) is 0. The molecular weight excluding hydrogens is 226 g/mol. The Labute approximate surface area is 95.6 Å². The summed E-state index contributed by atoms with van der Waals surface area (Å²) in [5.74, 6) is 0.175. The third-order valence-electron chi connectivity index (χ3n) is 2.49. The zero-order valence-corrected chi connectivity index (χ0v) is 10.4. The molecule has 0 atom stereocenters. The average Bonchev–Trinajstić information content (AvgIpc) is 2.87. The molecule has 0 saturated heterocycles. The Balaban J connectivity index is 2.32. The molecule has 0 bridgehead atoms. The van der Waals surface area contributed by atoms with Crippen LogP contribution in [0.15, 0.2) is 11.2 Å². The van der Waals surface area contributed by atoms with Crippen LogP contribution in [0.2, 0.25) is 0 Å². The van der Waals surface area contributed by atoms with Crippen molar-refractivity contribution in [1.29, 1.82) is 0 Å². The average molecular weight is 243 g/mol. The number of aromatic nitrogens is 2. The predicted molar refractivity (Wildman–Crippen MR) is 61.8 cm³/mol. The summed E-state index contributed by atoms with van der Waals surface area (Å²) in [6, 6.07) is 0.352. The van der Waals surface area contributed by atoms with Crippen LogP contribution in [-0.2, 0) is 9.84 Å². The first-order valence-corrected chi connectivity index (χ1v) is 7.13. The molecule has 2 N–H and O–H groups in total. The van der Waals surface area contributed by atoms with Crippen molar-refractivity contribution in [2.75, 3.05) is 11.5 Å². The van der Waals surface area contributed by atoms with Crippen LogP contribution >= 0.6 is 0 Å². The zero-order chi connectivity index (χ0) is 11.9. The Bertz CT molecular complexity index is 486. The second kappa shape index (κ2) is 3.76. The van der Waals surface area contributed by atoms with Crippen LogP contribution in [-0.4, -0.2) is 24.0 Å². The number of rotatable bonds is 4. The van der Waals surface area contributed by atoms with E-state index in [1.165, 1.54) is 0 Å². The molecule has 1 saturated carbocycles. The molecule has 0 aromatic carbocycles. The quantitative estimate of drug-likeness (QED) is 0.862. The largest absolute Gasteiger partial charge is 0.395 e. The van der Waals surface area contributed by atoms with Crippen molar-refractivity contribution in [2.45, 2.75) is 37.8 Å². The third kappa shape index (κ3) is 2.21. The van der Waals surface area contributed by atoms with Gasteiger partial charge in [-0.1, -0.05) is 13.8 Å². The Morgan fingerprint density at radius 3 is 2.69 bits per heavy atom. The van der Waals surface area contributed by atoms with Gasteiger partial charge in [0.1, 0.15) is 0 Å². The monoisotopic (exact) mass is 243 g/mol. The molecule has 1 heterocycles. The summed E-state index contributed by atoms with van der Waals surface area (Å²) in [5, 5.41) is 4.15. The summed E-state index contributed by atoms with van der Waals surface area (Å²) in [6.45, 7) is 3.73. The predicted octanol–water partition coefficient (Wildman–Crippen LogP) is 1.23. The topological polar surface area (TPSA) is 78.0 Å². The van der Waals surface area contributed by atoms with E-state index in [1.54, 1.807) is 10.9 Å². The second-order valence-corrected chi connectivity index (χ2v) is 6.73. The molecule has 1 aromatic rings. The molecule has 1 aliphatic rings. The van der Waals surface area contributed by atoms with E-state index in [9.17, 15) is 8.42 Å². The first-order chi connectivity index (χ1) is 7.40. The number of hydrogen-bond acceptors (Lipinski definition) is 4. The summed E-state index contributed by atoms with van der Waals surface area (Å²) in [6.07, 6.45) is 3.75.